The standard InChI is InChI=1S/C16H14F6O5/c1-6-9(12(13(23)24-3)25-14(6,2)15(18,19)20)7-4-5-8(17)11-10(7)26-16(21,22)27-11/h4-6,9,12H,1-3H3/t6-,9-,12-,14+/m0/s1. The fourth-order valence-electron chi connectivity index (χ4n) is 3.39. The molecule has 0 unspecified atom stereocenters. The highest BCUT2D eigenvalue weighted by Gasteiger charge is 2.66. The van der Waals surface area contributed by atoms with Gasteiger partial charge in [0.1, 0.15) is 0 Å². The van der Waals surface area contributed by atoms with Crippen molar-refractivity contribution in [2.24, 2.45) is 5.92 Å². The summed E-state index contributed by atoms with van der Waals surface area (Å²) in [6.45, 7) is 1.88. The van der Waals surface area contributed by atoms with Crippen molar-refractivity contribution in [3.05, 3.63) is 23.5 Å². The summed E-state index contributed by atoms with van der Waals surface area (Å²) in [5, 5.41) is 0. The molecule has 0 amide bonds. The van der Waals surface area contributed by atoms with Gasteiger partial charge < -0.3 is 18.9 Å². The van der Waals surface area contributed by atoms with Crippen LogP contribution in [0.25, 0.3) is 0 Å². The summed E-state index contributed by atoms with van der Waals surface area (Å²) in [5.41, 5.74) is -3.06. The molecule has 0 aromatic heterocycles. The van der Waals surface area contributed by atoms with E-state index in [1.165, 1.54) is 0 Å². The fraction of sp³-hybridized carbons (Fsp3) is 0.562. The SMILES string of the molecule is COC(=O)[C@H]1O[C@@](C)(C(F)(F)F)[C@@H](C)[C@H]1c1ccc(F)c2c1OC(F)(F)O2. The Morgan fingerprint density at radius 2 is 1.78 bits per heavy atom. The molecular weight excluding hydrogens is 386 g/mol. The largest absolute Gasteiger partial charge is 0.586 e. The molecule has 2 heterocycles. The smallest absolute Gasteiger partial charge is 0.467 e. The van der Waals surface area contributed by atoms with Crippen LogP contribution in [-0.4, -0.2) is 37.3 Å². The zero-order valence-corrected chi connectivity index (χ0v) is 14.2. The number of hydrogen-bond donors (Lipinski definition) is 0. The van der Waals surface area contributed by atoms with Gasteiger partial charge in [0.25, 0.3) is 0 Å². The molecule has 5 nitrogen and oxygen atoms in total. The van der Waals surface area contributed by atoms with Gasteiger partial charge in [0, 0.05) is 17.4 Å². The molecule has 2 aliphatic heterocycles. The van der Waals surface area contributed by atoms with Gasteiger partial charge in [-0.3, -0.25) is 0 Å². The Kier molecular flexibility index (Phi) is 4.29. The minimum atomic E-state index is -4.88. The first kappa shape index (κ1) is 19.6. The zero-order valence-electron chi connectivity index (χ0n) is 14.2. The van der Waals surface area contributed by atoms with E-state index in [9.17, 15) is 31.1 Å². The van der Waals surface area contributed by atoms with Crippen molar-refractivity contribution in [3.63, 3.8) is 0 Å². The average molecular weight is 400 g/mol. The number of halogens is 6. The van der Waals surface area contributed by atoms with Crippen LogP contribution in [0.5, 0.6) is 11.5 Å². The van der Waals surface area contributed by atoms with Gasteiger partial charge in [0.05, 0.1) is 7.11 Å². The summed E-state index contributed by atoms with van der Waals surface area (Å²) in [5.74, 6) is -6.88. The van der Waals surface area contributed by atoms with Crippen molar-refractivity contribution in [1.29, 1.82) is 0 Å². The van der Waals surface area contributed by atoms with Crippen molar-refractivity contribution in [2.45, 2.75) is 43.9 Å². The van der Waals surface area contributed by atoms with Crippen LogP contribution < -0.4 is 9.47 Å². The van der Waals surface area contributed by atoms with Crippen molar-refractivity contribution < 1.29 is 50.1 Å². The van der Waals surface area contributed by atoms with Gasteiger partial charge in [-0.05, 0) is 13.0 Å². The third kappa shape index (κ3) is 2.88. The number of fused-ring (bicyclic) bond motifs is 1. The van der Waals surface area contributed by atoms with Gasteiger partial charge in [-0.15, -0.1) is 8.78 Å². The molecule has 150 valence electrons. The Labute approximate surface area is 149 Å². The second-order valence-electron chi connectivity index (χ2n) is 6.44. The maximum absolute atomic E-state index is 13.8. The second kappa shape index (κ2) is 5.91. The molecule has 0 aliphatic carbocycles. The maximum atomic E-state index is 13.8. The van der Waals surface area contributed by atoms with Crippen LogP contribution in [0.15, 0.2) is 12.1 Å². The number of hydrogen-bond acceptors (Lipinski definition) is 5. The quantitative estimate of drug-likeness (QED) is 0.559. The Bertz CT molecular complexity index is 779. The summed E-state index contributed by atoms with van der Waals surface area (Å²) in [6.07, 6.45) is -10.8. The maximum Gasteiger partial charge on any atom is 0.586 e. The minimum absolute atomic E-state index is 0.278. The average Bonchev–Trinajstić information content (AvgIpc) is 3.03. The molecule has 0 spiro atoms. The van der Waals surface area contributed by atoms with E-state index in [4.69, 9.17) is 4.74 Å². The van der Waals surface area contributed by atoms with E-state index in [0.29, 0.717) is 0 Å². The lowest BCUT2D eigenvalue weighted by atomic mass is 9.77. The number of rotatable bonds is 2. The van der Waals surface area contributed by atoms with E-state index in [1.54, 1.807) is 0 Å². The number of methoxy groups -OCH3 is 1. The van der Waals surface area contributed by atoms with Crippen LogP contribution in [0.3, 0.4) is 0 Å². The monoisotopic (exact) mass is 400 g/mol. The number of ether oxygens (including phenoxy) is 4. The summed E-state index contributed by atoms with van der Waals surface area (Å²) in [6, 6.07) is 1.70. The van der Waals surface area contributed by atoms with E-state index in [2.05, 4.69) is 14.2 Å². The zero-order chi connectivity index (χ0) is 20.4. The predicted octanol–water partition coefficient (Wildman–Crippen LogP) is 3.76. The van der Waals surface area contributed by atoms with Crippen LogP contribution in [0, 0.1) is 11.7 Å². The number of carbonyl (C=O) groups is 1. The molecule has 0 saturated carbocycles. The Hall–Kier alpha value is -2.17. The van der Waals surface area contributed by atoms with E-state index >= 15 is 0 Å². The molecule has 3 rings (SSSR count). The molecule has 0 bridgehead atoms. The molecule has 11 heteroatoms. The number of esters is 1. The summed E-state index contributed by atoms with van der Waals surface area (Å²) >= 11 is 0. The van der Waals surface area contributed by atoms with Gasteiger partial charge in [0.15, 0.2) is 23.3 Å². The number of benzene rings is 1. The highest BCUT2D eigenvalue weighted by molar-refractivity contribution is 5.77. The first-order chi connectivity index (χ1) is 12.3. The molecule has 0 radical (unpaired) electrons. The fourth-order valence-corrected chi connectivity index (χ4v) is 3.39. The van der Waals surface area contributed by atoms with Gasteiger partial charge in [0.2, 0.25) is 5.75 Å². The van der Waals surface area contributed by atoms with Crippen molar-refractivity contribution in [1.82, 2.24) is 0 Å². The lowest BCUT2D eigenvalue weighted by molar-refractivity contribution is -0.287. The third-order valence-corrected chi connectivity index (χ3v) is 5.00. The number of carbonyl (C=O) groups excluding carboxylic acids is 1. The first-order valence-electron chi connectivity index (χ1n) is 7.73. The van der Waals surface area contributed by atoms with Gasteiger partial charge in [-0.2, -0.15) is 13.2 Å². The van der Waals surface area contributed by atoms with Gasteiger partial charge in [-0.25, -0.2) is 9.18 Å². The van der Waals surface area contributed by atoms with Crippen LogP contribution in [0.4, 0.5) is 26.3 Å². The third-order valence-electron chi connectivity index (χ3n) is 5.00. The molecule has 27 heavy (non-hydrogen) atoms. The molecule has 1 aromatic rings. The molecule has 1 aromatic carbocycles. The van der Waals surface area contributed by atoms with E-state index in [0.717, 1.165) is 33.1 Å². The lowest BCUT2D eigenvalue weighted by Crippen LogP contribution is -2.47. The summed E-state index contributed by atoms with van der Waals surface area (Å²) in [4.78, 5) is 12.0. The highest BCUT2D eigenvalue weighted by Crippen LogP contribution is 2.57. The van der Waals surface area contributed by atoms with Crippen molar-refractivity contribution in [3.8, 4) is 11.5 Å². The topological polar surface area (TPSA) is 54.0 Å². The first-order valence-corrected chi connectivity index (χ1v) is 7.73. The summed E-state index contributed by atoms with van der Waals surface area (Å²) < 4.78 is 99.3. The Morgan fingerprint density at radius 1 is 1.19 bits per heavy atom. The van der Waals surface area contributed by atoms with Crippen LogP contribution >= 0.6 is 0 Å². The van der Waals surface area contributed by atoms with E-state index < -0.39 is 59.3 Å². The molecule has 4 atom stereocenters. The minimum Gasteiger partial charge on any atom is -0.467 e. The Balaban J connectivity index is 2.15. The molecular formula is C16H14F6O5. The van der Waals surface area contributed by atoms with Gasteiger partial charge >= 0.3 is 18.4 Å². The lowest BCUT2D eigenvalue weighted by Gasteiger charge is -2.31. The van der Waals surface area contributed by atoms with Crippen LogP contribution in [0.1, 0.15) is 25.3 Å². The molecule has 0 N–H and O–H groups in total. The highest BCUT2D eigenvalue weighted by atomic mass is 19.4. The van der Waals surface area contributed by atoms with Crippen LogP contribution in [0.2, 0.25) is 0 Å². The van der Waals surface area contributed by atoms with Crippen molar-refractivity contribution in [2.75, 3.05) is 7.11 Å². The molecule has 2 aliphatic rings. The second-order valence-corrected chi connectivity index (χ2v) is 6.44. The normalized spacial score (nSPS) is 31.8. The molecule has 1 fully saturated rings. The summed E-state index contributed by atoms with van der Waals surface area (Å²) in [7, 11) is 0.944. The molecule has 1 saturated heterocycles. The van der Waals surface area contributed by atoms with E-state index in [1.807, 2.05) is 0 Å². The predicted molar refractivity (Wildman–Crippen MR) is 75.9 cm³/mol. The van der Waals surface area contributed by atoms with E-state index in [-0.39, 0.29) is 5.56 Å². The van der Waals surface area contributed by atoms with Gasteiger partial charge in [-0.1, -0.05) is 13.0 Å². The van der Waals surface area contributed by atoms with Crippen LogP contribution in [-0.2, 0) is 14.3 Å². The van der Waals surface area contributed by atoms with Crippen molar-refractivity contribution >= 4 is 5.97 Å². The Morgan fingerprint density at radius 3 is 2.33 bits per heavy atom. The number of alkyl halides is 5.